The lowest BCUT2D eigenvalue weighted by Crippen LogP contribution is -2.40. The lowest BCUT2D eigenvalue weighted by atomic mass is 10.2. The summed E-state index contributed by atoms with van der Waals surface area (Å²) in [5.41, 5.74) is 0. The molecule has 94 valence electrons. The summed E-state index contributed by atoms with van der Waals surface area (Å²) < 4.78 is 5.47. The first kappa shape index (κ1) is 13.5. The fourth-order valence-electron chi connectivity index (χ4n) is 1.47. The number of hydrogen-bond acceptors (Lipinski definition) is 3. The minimum absolute atomic E-state index is 0.0499. The van der Waals surface area contributed by atoms with Crippen LogP contribution in [0.2, 0.25) is 0 Å². The van der Waals surface area contributed by atoms with Gasteiger partial charge in [0.15, 0.2) is 0 Å². The summed E-state index contributed by atoms with van der Waals surface area (Å²) >= 11 is 0. The Hall–Kier alpha value is -0.610. The summed E-state index contributed by atoms with van der Waals surface area (Å²) in [5.74, 6) is 0.633. The molecule has 1 fully saturated rings. The molecule has 0 aromatic rings. The van der Waals surface area contributed by atoms with Gasteiger partial charge >= 0.3 is 0 Å². The number of hydrogen-bond donors (Lipinski definition) is 2. The Morgan fingerprint density at radius 2 is 2.19 bits per heavy atom. The van der Waals surface area contributed by atoms with Crippen LogP contribution < -0.4 is 5.32 Å². The largest absolute Gasteiger partial charge is 0.396 e. The minimum Gasteiger partial charge on any atom is -0.396 e. The third-order valence-corrected chi connectivity index (χ3v) is 2.83. The van der Waals surface area contributed by atoms with Gasteiger partial charge in [0.05, 0.1) is 6.61 Å². The van der Waals surface area contributed by atoms with Gasteiger partial charge in [0.2, 0.25) is 5.91 Å². The average Bonchev–Trinajstić information content (AvgIpc) is 3.06. The van der Waals surface area contributed by atoms with E-state index in [1.54, 1.807) is 6.92 Å². The Morgan fingerprint density at radius 1 is 1.50 bits per heavy atom. The maximum atomic E-state index is 11.7. The first-order valence-electron chi connectivity index (χ1n) is 6.16. The fraction of sp³-hybridized carbons (Fsp3) is 0.917. The van der Waals surface area contributed by atoms with Crippen molar-refractivity contribution in [3.63, 3.8) is 0 Å². The van der Waals surface area contributed by atoms with Crippen LogP contribution >= 0.6 is 0 Å². The second-order valence-electron chi connectivity index (χ2n) is 4.69. The monoisotopic (exact) mass is 229 g/mol. The molecule has 0 spiro atoms. The van der Waals surface area contributed by atoms with E-state index in [2.05, 4.69) is 5.32 Å². The molecule has 0 aromatic carbocycles. The van der Waals surface area contributed by atoms with Gasteiger partial charge in [-0.3, -0.25) is 4.79 Å². The predicted octanol–water partition coefficient (Wildman–Crippen LogP) is 1.08. The highest BCUT2D eigenvalue weighted by Crippen LogP contribution is 2.29. The molecule has 2 unspecified atom stereocenters. The molecule has 16 heavy (non-hydrogen) atoms. The predicted molar refractivity (Wildman–Crippen MR) is 62.1 cm³/mol. The normalized spacial score (nSPS) is 19.2. The van der Waals surface area contributed by atoms with Crippen LogP contribution in [0.3, 0.4) is 0 Å². The molecule has 0 radical (unpaired) electrons. The van der Waals surface area contributed by atoms with E-state index in [1.807, 2.05) is 6.92 Å². The fourth-order valence-corrected chi connectivity index (χ4v) is 1.47. The molecule has 0 heterocycles. The zero-order valence-electron chi connectivity index (χ0n) is 10.2. The van der Waals surface area contributed by atoms with Crippen LogP contribution in [-0.2, 0) is 9.53 Å². The second kappa shape index (κ2) is 6.86. The number of carbonyl (C=O) groups is 1. The molecule has 1 saturated carbocycles. The number of aliphatic hydroxyl groups excluding tert-OH is 1. The maximum Gasteiger partial charge on any atom is 0.249 e. The highest BCUT2D eigenvalue weighted by atomic mass is 16.5. The minimum atomic E-state index is -0.364. The van der Waals surface area contributed by atoms with E-state index in [-0.39, 0.29) is 24.7 Å². The number of nitrogens with one attached hydrogen (secondary N) is 1. The molecule has 2 atom stereocenters. The average molecular weight is 229 g/mol. The molecule has 4 nitrogen and oxygen atoms in total. The topological polar surface area (TPSA) is 58.6 Å². The summed E-state index contributed by atoms with van der Waals surface area (Å²) in [6.07, 6.45) is 3.64. The number of rotatable bonds is 8. The molecule has 2 N–H and O–H groups in total. The van der Waals surface area contributed by atoms with Crippen molar-refractivity contribution < 1.29 is 14.6 Å². The van der Waals surface area contributed by atoms with E-state index in [1.165, 1.54) is 12.8 Å². The quantitative estimate of drug-likeness (QED) is 0.655. The third kappa shape index (κ3) is 5.47. The molecule has 0 bridgehead atoms. The van der Waals surface area contributed by atoms with Crippen LogP contribution in [0.1, 0.15) is 39.5 Å². The molecular weight excluding hydrogens is 206 g/mol. The molecule has 0 aromatic heterocycles. The Labute approximate surface area is 97.4 Å². The van der Waals surface area contributed by atoms with Crippen molar-refractivity contribution in [3.05, 3.63) is 0 Å². The van der Waals surface area contributed by atoms with Crippen molar-refractivity contribution in [1.29, 1.82) is 0 Å². The van der Waals surface area contributed by atoms with E-state index in [9.17, 15) is 4.79 Å². The molecule has 1 aliphatic rings. The van der Waals surface area contributed by atoms with Crippen LogP contribution in [0.15, 0.2) is 0 Å². The molecule has 1 aliphatic carbocycles. The van der Waals surface area contributed by atoms with E-state index in [0.717, 1.165) is 12.8 Å². The number of carbonyl (C=O) groups excluding carboxylic acids is 1. The van der Waals surface area contributed by atoms with Crippen LogP contribution in [0.5, 0.6) is 0 Å². The third-order valence-electron chi connectivity index (χ3n) is 2.83. The van der Waals surface area contributed by atoms with Gasteiger partial charge in [-0.05, 0) is 45.4 Å². The summed E-state index contributed by atoms with van der Waals surface area (Å²) in [6.45, 7) is 4.62. The van der Waals surface area contributed by atoms with Crippen LogP contribution in [-0.4, -0.2) is 36.4 Å². The van der Waals surface area contributed by atoms with Gasteiger partial charge in [0.25, 0.3) is 0 Å². The molecule has 0 aliphatic heterocycles. The molecule has 1 rings (SSSR count). The maximum absolute atomic E-state index is 11.7. The van der Waals surface area contributed by atoms with Gasteiger partial charge in [0, 0.05) is 12.6 Å². The van der Waals surface area contributed by atoms with Gasteiger partial charge in [-0.2, -0.15) is 0 Å². The van der Waals surface area contributed by atoms with Crippen molar-refractivity contribution in [2.24, 2.45) is 5.92 Å². The van der Waals surface area contributed by atoms with E-state index in [0.29, 0.717) is 12.5 Å². The zero-order chi connectivity index (χ0) is 12.0. The number of aliphatic hydroxyl groups is 1. The van der Waals surface area contributed by atoms with Gasteiger partial charge in [0.1, 0.15) is 6.10 Å². The first-order valence-corrected chi connectivity index (χ1v) is 6.16. The van der Waals surface area contributed by atoms with Gasteiger partial charge in [-0.15, -0.1) is 0 Å². The van der Waals surface area contributed by atoms with Crippen LogP contribution in [0.25, 0.3) is 0 Å². The van der Waals surface area contributed by atoms with E-state index < -0.39 is 0 Å². The van der Waals surface area contributed by atoms with E-state index in [4.69, 9.17) is 9.84 Å². The molecule has 1 amide bonds. The Morgan fingerprint density at radius 3 is 2.75 bits per heavy atom. The van der Waals surface area contributed by atoms with Crippen molar-refractivity contribution >= 4 is 5.91 Å². The molecule has 0 saturated heterocycles. The Kier molecular flexibility index (Phi) is 5.77. The van der Waals surface area contributed by atoms with Crippen molar-refractivity contribution in [1.82, 2.24) is 5.32 Å². The number of ether oxygens (including phenoxy) is 1. The van der Waals surface area contributed by atoms with Crippen molar-refractivity contribution in [2.45, 2.75) is 51.7 Å². The summed E-state index contributed by atoms with van der Waals surface area (Å²) in [5, 5.41) is 11.6. The van der Waals surface area contributed by atoms with Gasteiger partial charge in [-0.1, -0.05) is 0 Å². The lowest BCUT2D eigenvalue weighted by molar-refractivity contribution is -0.132. The standard InChI is InChI=1S/C12H23NO3/c1-9(4-3-7-14)13-12(15)10(2)16-8-11-5-6-11/h9-11,14H,3-8H2,1-2H3,(H,13,15). The second-order valence-corrected chi connectivity index (χ2v) is 4.69. The molecular formula is C12H23NO3. The zero-order valence-corrected chi connectivity index (χ0v) is 10.2. The van der Waals surface area contributed by atoms with Gasteiger partial charge in [-0.25, -0.2) is 0 Å². The van der Waals surface area contributed by atoms with Crippen molar-refractivity contribution in [2.75, 3.05) is 13.2 Å². The van der Waals surface area contributed by atoms with Gasteiger partial charge < -0.3 is 15.2 Å². The molecule has 4 heteroatoms. The van der Waals surface area contributed by atoms with E-state index >= 15 is 0 Å². The highest BCUT2D eigenvalue weighted by Gasteiger charge is 2.24. The SMILES string of the molecule is CC(CCCO)NC(=O)C(C)OCC1CC1. The summed E-state index contributed by atoms with van der Waals surface area (Å²) in [7, 11) is 0. The Bertz CT molecular complexity index is 216. The highest BCUT2D eigenvalue weighted by molar-refractivity contribution is 5.80. The Balaban J connectivity index is 2.10. The summed E-state index contributed by atoms with van der Waals surface area (Å²) in [6, 6.07) is 0.103. The summed E-state index contributed by atoms with van der Waals surface area (Å²) in [4.78, 5) is 11.7. The first-order chi connectivity index (χ1) is 7.63. The lowest BCUT2D eigenvalue weighted by Gasteiger charge is -2.17. The van der Waals surface area contributed by atoms with Crippen LogP contribution in [0, 0.1) is 5.92 Å². The van der Waals surface area contributed by atoms with Crippen molar-refractivity contribution in [3.8, 4) is 0 Å². The smallest absolute Gasteiger partial charge is 0.249 e. The number of amides is 1. The van der Waals surface area contributed by atoms with Crippen LogP contribution in [0.4, 0.5) is 0 Å².